The van der Waals surface area contributed by atoms with Crippen molar-refractivity contribution in [2.45, 2.75) is 503 Å². The van der Waals surface area contributed by atoms with Gasteiger partial charge in [0.25, 0.3) is 0 Å². The van der Waals surface area contributed by atoms with Crippen LogP contribution in [0, 0.1) is 0 Å². The quantitative estimate of drug-likeness (QED) is 0.0199. The van der Waals surface area contributed by atoms with Gasteiger partial charge in [0.05, 0.1) is 38.6 Å². The molecule has 19 heteroatoms. The Morgan fingerprint density at radius 1 is 0.322 bits per heavy atom. The average Bonchev–Trinajstić information content (AvgIpc) is 0.779. The lowest BCUT2D eigenvalue weighted by atomic mass is 9.96. The number of carbonyl (C=O) groups excluding carboxylic acids is 1. The van der Waals surface area contributed by atoms with Gasteiger partial charge in [0.2, 0.25) is 5.91 Å². The molecule has 0 aromatic heterocycles. The summed E-state index contributed by atoms with van der Waals surface area (Å²) in [7, 11) is 0. The van der Waals surface area contributed by atoms with Crippen LogP contribution in [0.25, 0.3) is 0 Å². The molecule has 0 aromatic carbocycles. The van der Waals surface area contributed by atoms with Crippen LogP contribution in [-0.4, -0.2) is 193 Å². The van der Waals surface area contributed by atoms with Crippen molar-refractivity contribution in [1.82, 2.24) is 5.32 Å². The minimum Gasteiger partial charge on any atom is -0.394 e. The van der Waals surface area contributed by atoms with E-state index >= 15 is 0 Å². The van der Waals surface area contributed by atoms with Gasteiger partial charge in [-0.15, -0.1) is 0 Å². The highest BCUT2D eigenvalue weighted by Gasteiger charge is 2.54. The molecule has 17 unspecified atom stereocenters. The number of rotatable bonds is 78. The Labute approximate surface area is 699 Å². The Bertz CT molecular complexity index is 2350. The van der Waals surface area contributed by atoms with Gasteiger partial charge in [0, 0.05) is 6.42 Å². The lowest BCUT2D eigenvalue weighted by Crippen LogP contribution is -2.66. The van der Waals surface area contributed by atoms with E-state index in [0.29, 0.717) is 6.42 Å². The molecule has 3 saturated heterocycles. The highest BCUT2D eigenvalue weighted by Crippen LogP contribution is 2.34. The standard InChI is InChI=1S/C96H175NO18/c1-3-5-7-9-11-13-15-17-19-21-23-25-27-29-31-33-35-36-37-38-39-40-41-42-44-46-48-50-52-54-56-58-60-62-64-66-68-70-72-74-84(102)97-79(80(101)73-71-69-67-65-63-61-59-57-55-53-51-49-47-45-43-34-32-30-28-26-24-22-20-18-16-14-12-10-8-6-4-2)78-110-94-90(108)87(105)92(82(76-99)112-94)115-96-91(109)88(106)93(83(77-100)113-96)114-95-89(107)86(104)85(103)81(75-98)111-95/h5,7,11,13,17,19,23,25,29,31,71,73,79-83,85-96,98-101,103-109H,3-4,6,8-10,12,14-16,18,20-22,24,26-28,30,32-70,72,74-78H2,1-2H3,(H,97,102)/b7-5-,13-11-,19-17-,25-23-,31-29-,73-71+. The van der Waals surface area contributed by atoms with E-state index in [1.807, 2.05) is 6.08 Å². The van der Waals surface area contributed by atoms with Crippen LogP contribution in [0.15, 0.2) is 72.9 Å². The van der Waals surface area contributed by atoms with E-state index in [9.17, 15) is 61.0 Å². The van der Waals surface area contributed by atoms with E-state index in [0.717, 1.165) is 77.0 Å². The number of carbonyl (C=O) groups is 1. The van der Waals surface area contributed by atoms with Gasteiger partial charge in [-0.1, -0.05) is 401 Å². The summed E-state index contributed by atoms with van der Waals surface area (Å²) in [5.74, 6) is -0.268. The van der Waals surface area contributed by atoms with Crippen molar-refractivity contribution in [3.05, 3.63) is 72.9 Å². The maximum atomic E-state index is 13.5. The van der Waals surface area contributed by atoms with Crippen molar-refractivity contribution in [3.8, 4) is 0 Å². The van der Waals surface area contributed by atoms with Crippen molar-refractivity contribution in [2.24, 2.45) is 0 Å². The fourth-order valence-electron chi connectivity index (χ4n) is 16.0. The van der Waals surface area contributed by atoms with E-state index in [1.165, 1.54) is 295 Å². The van der Waals surface area contributed by atoms with Crippen LogP contribution in [0.2, 0.25) is 0 Å². The molecule has 3 aliphatic rings. The minimum absolute atomic E-state index is 0.246. The Morgan fingerprint density at radius 2 is 0.600 bits per heavy atom. The number of hydrogen-bond donors (Lipinski definition) is 12. The molecule has 115 heavy (non-hydrogen) atoms. The molecule has 0 bridgehead atoms. The first kappa shape index (κ1) is 106. The van der Waals surface area contributed by atoms with Crippen molar-refractivity contribution >= 4 is 5.91 Å². The zero-order valence-corrected chi connectivity index (χ0v) is 72.8. The summed E-state index contributed by atoms with van der Waals surface area (Å²) < 4.78 is 34.6. The Kier molecular flexibility index (Phi) is 69.4. The summed E-state index contributed by atoms with van der Waals surface area (Å²) in [6, 6.07) is -0.976. The molecule has 0 spiro atoms. The van der Waals surface area contributed by atoms with Crippen molar-refractivity contribution in [3.63, 3.8) is 0 Å². The predicted octanol–water partition coefficient (Wildman–Crippen LogP) is 19.1. The predicted molar refractivity (Wildman–Crippen MR) is 466 cm³/mol. The molecule has 672 valence electrons. The van der Waals surface area contributed by atoms with Gasteiger partial charge in [0.15, 0.2) is 18.9 Å². The first-order valence-corrected chi connectivity index (χ1v) is 47.7. The first-order valence-electron chi connectivity index (χ1n) is 47.7. The number of hydrogen-bond acceptors (Lipinski definition) is 18. The van der Waals surface area contributed by atoms with Gasteiger partial charge in [-0.05, 0) is 64.2 Å². The SMILES string of the molecule is CC/C=C\C/C=C\C/C=C\C/C=C\C/C=C\CCCCCCCCCCCCCCCCCCCCCCCCCC(=O)NC(COC1OC(CO)C(OC2OC(CO)C(OC3OC(CO)C(O)C(O)C3O)C(O)C2O)C(O)C1O)C(O)/C=C/CCCCCCCCCCCCCCCCCCCCCCCCCCCCCCC. The minimum atomic E-state index is -1.98. The van der Waals surface area contributed by atoms with Crippen molar-refractivity contribution < 1.29 is 89.4 Å². The summed E-state index contributed by atoms with van der Waals surface area (Å²) in [6.45, 7) is 1.69. The fourth-order valence-corrected chi connectivity index (χ4v) is 16.0. The number of unbranched alkanes of at least 4 members (excludes halogenated alkanes) is 52. The first-order chi connectivity index (χ1) is 56.3. The molecule has 3 fully saturated rings. The summed E-state index contributed by atoms with van der Waals surface area (Å²) >= 11 is 0. The molecular weight excluding hydrogens is 1460 g/mol. The largest absolute Gasteiger partial charge is 0.394 e. The van der Waals surface area contributed by atoms with Crippen LogP contribution in [0.4, 0.5) is 0 Å². The Morgan fingerprint density at radius 3 is 0.939 bits per heavy atom. The van der Waals surface area contributed by atoms with Crippen molar-refractivity contribution in [2.75, 3.05) is 26.4 Å². The molecule has 0 aliphatic carbocycles. The molecule has 3 rings (SSSR count). The molecule has 12 N–H and O–H groups in total. The molecule has 1 amide bonds. The normalized spacial score (nSPS) is 24.9. The Balaban J connectivity index is 1.30. The van der Waals surface area contributed by atoms with Gasteiger partial charge >= 0.3 is 0 Å². The summed E-state index contributed by atoms with van der Waals surface area (Å²) in [6.07, 6.45) is 75.0. The summed E-state index contributed by atoms with van der Waals surface area (Å²) in [4.78, 5) is 13.5. The zero-order chi connectivity index (χ0) is 83.1. The third kappa shape index (κ3) is 53.0. The smallest absolute Gasteiger partial charge is 0.220 e. The summed E-state index contributed by atoms with van der Waals surface area (Å²) in [5, 5.41) is 121. The number of aliphatic hydroxyl groups excluding tert-OH is 11. The highest BCUT2D eigenvalue weighted by atomic mass is 16.8. The van der Waals surface area contributed by atoms with Crippen LogP contribution >= 0.6 is 0 Å². The Hall–Kier alpha value is -2.77. The lowest BCUT2D eigenvalue weighted by molar-refractivity contribution is -0.379. The number of ether oxygens (including phenoxy) is 6. The van der Waals surface area contributed by atoms with Gasteiger partial charge in [-0.25, -0.2) is 0 Å². The highest BCUT2D eigenvalue weighted by molar-refractivity contribution is 5.76. The van der Waals surface area contributed by atoms with Crippen LogP contribution < -0.4 is 5.32 Å². The molecule has 0 saturated carbocycles. The molecule has 3 aliphatic heterocycles. The van der Waals surface area contributed by atoms with E-state index < -0.39 is 124 Å². The maximum absolute atomic E-state index is 13.5. The second-order valence-corrected chi connectivity index (χ2v) is 33.8. The average molecular weight is 1630 g/mol. The second kappa shape index (κ2) is 75.0. The molecule has 3 heterocycles. The van der Waals surface area contributed by atoms with Gasteiger partial charge in [-0.3, -0.25) is 4.79 Å². The van der Waals surface area contributed by atoms with Gasteiger partial charge in [-0.2, -0.15) is 0 Å². The van der Waals surface area contributed by atoms with E-state index in [1.54, 1.807) is 6.08 Å². The molecule has 0 radical (unpaired) electrons. The molecule has 0 aromatic rings. The number of allylic oxidation sites excluding steroid dienone is 11. The van der Waals surface area contributed by atoms with Crippen LogP contribution in [0.5, 0.6) is 0 Å². The van der Waals surface area contributed by atoms with Gasteiger partial charge < -0.3 is 89.9 Å². The number of nitrogens with one attached hydrogen (secondary N) is 1. The monoisotopic (exact) mass is 1630 g/mol. The topological polar surface area (TPSA) is 307 Å². The van der Waals surface area contributed by atoms with E-state index in [-0.39, 0.29) is 18.9 Å². The summed E-state index contributed by atoms with van der Waals surface area (Å²) in [5.41, 5.74) is 0. The third-order valence-electron chi connectivity index (χ3n) is 23.5. The zero-order valence-electron chi connectivity index (χ0n) is 72.8. The number of aliphatic hydroxyl groups is 11. The van der Waals surface area contributed by atoms with Crippen LogP contribution in [0.3, 0.4) is 0 Å². The van der Waals surface area contributed by atoms with Gasteiger partial charge in [0.1, 0.15) is 73.2 Å². The second-order valence-electron chi connectivity index (χ2n) is 33.8. The molecular formula is C96H175NO18. The van der Waals surface area contributed by atoms with Crippen LogP contribution in [0.1, 0.15) is 399 Å². The van der Waals surface area contributed by atoms with E-state index in [2.05, 4.69) is 79.9 Å². The lowest BCUT2D eigenvalue weighted by Gasteiger charge is -2.48. The van der Waals surface area contributed by atoms with Crippen LogP contribution in [-0.2, 0) is 33.2 Å². The van der Waals surface area contributed by atoms with E-state index in [4.69, 9.17) is 28.4 Å². The fraction of sp³-hybridized carbons (Fsp3) is 0.865. The molecule has 17 atom stereocenters. The maximum Gasteiger partial charge on any atom is 0.220 e. The van der Waals surface area contributed by atoms with Crippen molar-refractivity contribution in [1.29, 1.82) is 0 Å². The third-order valence-corrected chi connectivity index (χ3v) is 23.5. The molecule has 19 nitrogen and oxygen atoms in total. The number of amides is 1.